The van der Waals surface area contributed by atoms with E-state index in [2.05, 4.69) is 71.3 Å². The van der Waals surface area contributed by atoms with Gasteiger partial charge in [-0.05, 0) is 98.1 Å². The van der Waals surface area contributed by atoms with Crippen molar-refractivity contribution in [2.45, 2.75) is 33.7 Å². The number of nitrogens with zero attached hydrogens (tertiary/aromatic N) is 2. The standard InChI is InChI=1S/C27H30N4OS/c1-18-6-5-7-25(19(18)2)30-27(33)31(17-21-10-13-28-14-11-21)15-12-23-20(3)29-26-9-8-22(32-4)16-24(23)26/h5-11,13-14,16,29H,12,15,17H2,1-4H3,(H,30,33). The monoisotopic (exact) mass is 458 g/mol. The van der Waals surface area contributed by atoms with Gasteiger partial charge in [0.05, 0.1) is 7.11 Å². The predicted octanol–water partition coefficient (Wildman–Crippen LogP) is 5.94. The molecule has 2 heterocycles. The third-order valence-corrected chi connectivity index (χ3v) is 6.57. The molecule has 0 spiro atoms. The number of methoxy groups -OCH3 is 1. The molecule has 170 valence electrons. The van der Waals surface area contributed by atoms with E-state index in [1.807, 2.05) is 30.6 Å². The number of aryl methyl sites for hydroxylation is 2. The van der Waals surface area contributed by atoms with Gasteiger partial charge in [-0.1, -0.05) is 12.1 Å². The van der Waals surface area contributed by atoms with Crippen molar-refractivity contribution < 1.29 is 4.74 Å². The average molecular weight is 459 g/mol. The maximum Gasteiger partial charge on any atom is 0.173 e. The number of hydrogen-bond donors (Lipinski definition) is 2. The van der Waals surface area contributed by atoms with E-state index in [9.17, 15) is 0 Å². The van der Waals surface area contributed by atoms with Crippen LogP contribution in [0.4, 0.5) is 5.69 Å². The normalized spacial score (nSPS) is 10.9. The van der Waals surface area contributed by atoms with E-state index < -0.39 is 0 Å². The van der Waals surface area contributed by atoms with Crippen LogP contribution in [0.5, 0.6) is 5.75 Å². The summed E-state index contributed by atoms with van der Waals surface area (Å²) in [7, 11) is 1.70. The smallest absolute Gasteiger partial charge is 0.173 e. The number of aromatic nitrogens is 2. The van der Waals surface area contributed by atoms with Gasteiger partial charge in [0, 0.05) is 47.8 Å². The Balaban J connectivity index is 1.59. The molecule has 0 unspecified atom stereocenters. The zero-order chi connectivity index (χ0) is 23.4. The topological polar surface area (TPSA) is 53.2 Å². The molecule has 6 heteroatoms. The SMILES string of the molecule is COc1ccc2[nH]c(C)c(CCN(Cc3ccncc3)C(=S)Nc3cccc(C)c3C)c2c1. The van der Waals surface area contributed by atoms with E-state index in [0.29, 0.717) is 6.54 Å². The second kappa shape index (κ2) is 10.0. The van der Waals surface area contributed by atoms with E-state index >= 15 is 0 Å². The zero-order valence-electron chi connectivity index (χ0n) is 19.6. The Hall–Kier alpha value is -3.38. The van der Waals surface area contributed by atoms with Crippen LogP contribution in [0.25, 0.3) is 10.9 Å². The highest BCUT2D eigenvalue weighted by Gasteiger charge is 2.16. The second-order valence-electron chi connectivity index (χ2n) is 8.34. The molecule has 0 atom stereocenters. The number of fused-ring (bicyclic) bond motifs is 1. The van der Waals surface area contributed by atoms with Gasteiger partial charge in [-0.2, -0.15) is 0 Å². The highest BCUT2D eigenvalue weighted by Crippen LogP contribution is 2.27. The number of rotatable bonds is 7. The lowest BCUT2D eigenvalue weighted by atomic mass is 10.1. The highest BCUT2D eigenvalue weighted by atomic mass is 32.1. The zero-order valence-corrected chi connectivity index (χ0v) is 20.4. The van der Waals surface area contributed by atoms with Crippen LogP contribution >= 0.6 is 12.2 Å². The summed E-state index contributed by atoms with van der Waals surface area (Å²) >= 11 is 5.89. The summed E-state index contributed by atoms with van der Waals surface area (Å²) in [6, 6.07) is 16.5. The van der Waals surface area contributed by atoms with Gasteiger partial charge < -0.3 is 19.9 Å². The molecular formula is C27H30N4OS. The summed E-state index contributed by atoms with van der Waals surface area (Å²) in [6.07, 6.45) is 4.51. The molecule has 0 saturated carbocycles. The first kappa shape index (κ1) is 22.8. The molecule has 5 nitrogen and oxygen atoms in total. The summed E-state index contributed by atoms with van der Waals surface area (Å²) < 4.78 is 5.46. The Labute approximate surface area is 200 Å². The molecule has 0 saturated heterocycles. The van der Waals surface area contributed by atoms with Crippen LogP contribution in [0.1, 0.15) is 27.9 Å². The lowest BCUT2D eigenvalue weighted by Gasteiger charge is -2.27. The Morgan fingerprint density at radius 1 is 1.09 bits per heavy atom. The van der Waals surface area contributed by atoms with Crippen molar-refractivity contribution in [2.75, 3.05) is 19.0 Å². The van der Waals surface area contributed by atoms with Crippen molar-refractivity contribution in [2.24, 2.45) is 0 Å². The van der Waals surface area contributed by atoms with E-state index in [1.165, 1.54) is 33.3 Å². The van der Waals surface area contributed by atoms with Gasteiger partial charge in [0.15, 0.2) is 5.11 Å². The van der Waals surface area contributed by atoms with Gasteiger partial charge in [-0.15, -0.1) is 0 Å². The number of anilines is 1. The first-order valence-electron chi connectivity index (χ1n) is 11.1. The van der Waals surface area contributed by atoms with E-state index in [4.69, 9.17) is 17.0 Å². The average Bonchev–Trinajstić information content (AvgIpc) is 3.14. The van der Waals surface area contributed by atoms with Crippen LogP contribution in [0, 0.1) is 20.8 Å². The van der Waals surface area contributed by atoms with E-state index in [0.717, 1.165) is 35.0 Å². The summed E-state index contributed by atoms with van der Waals surface area (Å²) in [6.45, 7) is 7.86. The number of hydrogen-bond acceptors (Lipinski definition) is 3. The van der Waals surface area contributed by atoms with Crippen LogP contribution in [0.3, 0.4) is 0 Å². The van der Waals surface area contributed by atoms with Crippen molar-refractivity contribution in [1.82, 2.24) is 14.9 Å². The Morgan fingerprint density at radius 2 is 1.88 bits per heavy atom. The molecule has 0 aliphatic heterocycles. The summed E-state index contributed by atoms with van der Waals surface area (Å²) in [5.41, 5.74) is 8.27. The number of H-pyrrole nitrogens is 1. The molecule has 0 aliphatic carbocycles. The van der Waals surface area contributed by atoms with Crippen molar-refractivity contribution in [1.29, 1.82) is 0 Å². The molecule has 4 rings (SSSR count). The molecule has 2 aromatic heterocycles. The fourth-order valence-corrected chi connectivity index (χ4v) is 4.36. The summed E-state index contributed by atoms with van der Waals surface area (Å²) in [4.78, 5) is 9.88. The van der Waals surface area contributed by atoms with Gasteiger partial charge in [0.25, 0.3) is 0 Å². The number of ether oxygens (including phenoxy) is 1. The number of pyridine rings is 1. The largest absolute Gasteiger partial charge is 0.497 e. The Bertz CT molecular complexity index is 1270. The highest BCUT2D eigenvalue weighted by molar-refractivity contribution is 7.80. The van der Waals surface area contributed by atoms with Crippen molar-refractivity contribution in [3.63, 3.8) is 0 Å². The Morgan fingerprint density at radius 3 is 2.64 bits per heavy atom. The minimum absolute atomic E-state index is 0.712. The third-order valence-electron chi connectivity index (χ3n) is 6.21. The molecule has 0 fully saturated rings. The molecule has 33 heavy (non-hydrogen) atoms. The summed E-state index contributed by atoms with van der Waals surface area (Å²) in [5.74, 6) is 0.864. The van der Waals surface area contributed by atoms with Gasteiger partial charge in [-0.25, -0.2) is 0 Å². The number of thiocarbonyl (C=S) groups is 1. The van der Waals surface area contributed by atoms with Crippen LogP contribution in [0.15, 0.2) is 60.9 Å². The van der Waals surface area contributed by atoms with Gasteiger partial charge in [0.2, 0.25) is 0 Å². The van der Waals surface area contributed by atoms with Crippen LogP contribution < -0.4 is 10.1 Å². The third kappa shape index (κ3) is 5.17. The quantitative estimate of drug-likeness (QED) is 0.336. The van der Waals surface area contributed by atoms with Crippen molar-refractivity contribution in [3.05, 3.63) is 88.9 Å². The van der Waals surface area contributed by atoms with Crippen molar-refractivity contribution in [3.8, 4) is 5.75 Å². The Kier molecular flexibility index (Phi) is 6.94. The lowest BCUT2D eigenvalue weighted by Crippen LogP contribution is -2.36. The number of nitrogens with one attached hydrogen (secondary N) is 2. The molecular weight excluding hydrogens is 428 g/mol. The van der Waals surface area contributed by atoms with Gasteiger partial charge in [0.1, 0.15) is 5.75 Å². The van der Waals surface area contributed by atoms with Crippen LogP contribution in [-0.4, -0.2) is 33.6 Å². The molecule has 0 aliphatic rings. The van der Waals surface area contributed by atoms with Crippen LogP contribution in [0.2, 0.25) is 0 Å². The molecule has 2 N–H and O–H groups in total. The molecule has 2 aromatic carbocycles. The minimum Gasteiger partial charge on any atom is -0.497 e. The van der Waals surface area contributed by atoms with E-state index in [-0.39, 0.29) is 0 Å². The maximum absolute atomic E-state index is 5.89. The minimum atomic E-state index is 0.712. The molecule has 0 amide bonds. The maximum atomic E-state index is 5.89. The van der Waals surface area contributed by atoms with Gasteiger partial charge in [-0.3, -0.25) is 4.98 Å². The molecule has 0 radical (unpaired) electrons. The first-order valence-corrected chi connectivity index (χ1v) is 11.5. The fraction of sp³-hybridized carbons (Fsp3) is 0.259. The molecule has 4 aromatic rings. The second-order valence-corrected chi connectivity index (χ2v) is 8.73. The summed E-state index contributed by atoms with van der Waals surface area (Å²) in [5, 5.41) is 5.40. The lowest BCUT2D eigenvalue weighted by molar-refractivity contribution is 0.415. The van der Waals surface area contributed by atoms with Crippen molar-refractivity contribution >= 4 is 33.9 Å². The number of benzene rings is 2. The number of aromatic amines is 1. The fourth-order valence-electron chi connectivity index (χ4n) is 4.10. The predicted molar refractivity (Wildman–Crippen MR) is 140 cm³/mol. The first-order chi connectivity index (χ1) is 16.0. The van der Waals surface area contributed by atoms with E-state index in [1.54, 1.807) is 7.11 Å². The van der Waals surface area contributed by atoms with Gasteiger partial charge >= 0.3 is 0 Å². The van der Waals surface area contributed by atoms with Crippen LogP contribution in [-0.2, 0) is 13.0 Å². The molecule has 0 bridgehead atoms.